The highest BCUT2D eigenvalue weighted by atomic mass is 16.5. The fraction of sp³-hybridized carbons (Fsp3) is 0.321. The van der Waals surface area contributed by atoms with Crippen LogP contribution in [0, 0.1) is 5.92 Å². The predicted octanol–water partition coefficient (Wildman–Crippen LogP) is 3.14. The number of esters is 1. The van der Waals surface area contributed by atoms with Crippen LogP contribution in [0.25, 0.3) is 0 Å². The van der Waals surface area contributed by atoms with Crippen molar-refractivity contribution in [2.45, 2.75) is 23.2 Å². The topological polar surface area (TPSA) is 104 Å². The molecular formula is C28H28O8. The number of benzene rings is 3. The average molecular weight is 493 g/mol. The zero-order chi connectivity index (χ0) is 25.7. The number of ether oxygens (including phenoxy) is 5. The number of carbonyl (C=O) groups excluding carboxylic acids is 1. The summed E-state index contributed by atoms with van der Waals surface area (Å²) >= 11 is 0. The first-order chi connectivity index (χ1) is 17.4. The van der Waals surface area contributed by atoms with Crippen molar-refractivity contribution < 1.29 is 38.7 Å². The van der Waals surface area contributed by atoms with E-state index in [1.807, 2.05) is 30.3 Å². The van der Waals surface area contributed by atoms with E-state index in [-0.39, 0.29) is 17.1 Å². The van der Waals surface area contributed by atoms with Gasteiger partial charge in [0.15, 0.2) is 5.60 Å². The lowest BCUT2D eigenvalue weighted by molar-refractivity contribution is -0.172. The Balaban J connectivity index is 1.89. The summed E-state index contributed by atoms with van der Waals surface area (Å²) in [6, 6.07) is 19.4. The van der Waals surface area contributed by atoms with Gasteiger partial charge in [0.05, 0.1) is 34.0 Å². The Morgan fingerprint density at radius 1 is 0.889 bits per heavy atom. The minimum Gasteiger partial charge on any atom is -0.497 e. The summed E-state index contributed by atoms with van der Waals surface area (Å²) in [4.78, 5) is 13.5. The van der Waals surface area contributed by atoms with Gasteiger partial charge in [-0.15, -0.1) is 0 Å². The molecule has 1 saturated carbocycles. The molecule has 188 valence electrons. The number of hydrogen-bond donors (Lipinski definition) is 2. The molecule has 2 aliphatic rings. The minimum absolute atomic E-state index is 0.163. The number of aliphatic hydroxyl groups is 2. The van der Waals surface area contributed by atoms with Crippen molar-refractivity contribution in [3.8, 4) is 23.0 Å². The molecule has 1 heterocycles. The molecule has 0 aromatic heterocycles. The van der Waals surface area contributed by atoms with E-state index in [9.17, 15) is 15.0 Å². The van der Waals surface area contributed by atoms with Crippen LogP contribution >= 0.6 is 0 Å². The number of methoxy groups -OCH3 is 4. The van der Waals surface area contributed by atoms with Crippen LogP contribution in [0.3, 0.4) is 0 Å². The van der Waals surface area contributed by atoms with Crippen LogP contribution in [0.1, 0.15) is 22.6 Å². The molecule has 1 aliphatic heterocycles. The van der Waals surface area contributed by atoms with Gasteiger partial charge in [0.1, 0.15) is 40.6 Å². The van der Waals surface area contributed by atoms with Crippen molar-refractivity contribution in [1.82, 2.24) is 0 Å². The summed E-state index contributed by atoms with van der Waals surface area (Å²) in [5.41, 5.74) is -2.26. The van der Waals surface area contributed by atoms with E-state index in [4.69, 9.17) is 23.7 Å². The van der Waals surface area contributed by atoms with Crippen molar-refractivity contribution in [3.05, 3.63) is 83.4 Å². The summed E-state index contributed by atoms with van der Waals surface area (Å²) < 4.78 is 28.3. The van der Waals surface area contributed by atoms with Crippen molar-refractivity contribution >= 4 is 5.97 Å². The van der Waals surface area contributed by atoms with E-state index < -0.39 is 35.1 Å². The van der Waals surface area contributed by atoms with E-state index in [2.05, 4.69) is 0 Å². The molecule has 2 N–H and O–H groups in total. The maximum absolute atomic E-state index is 13.5. The fourth-order valence-corrected chi connectivity index (χ4v) is 5.87. The molecule has 5 rings (SSSR count). The highest BCUT2D eigenvalue weighted by Crippen LogP contribution is 2.68. The van der Waals surface area contributed by atoms with Gasteiger partial charge in [0, 0.05) is 18.1 Å². The Bertz CT molecular complexity index is 1270. The molecule has 3 aromatic carbocycles. The maximum Gasteiger partial charge on any atom is 0.312 e. The molecule has 0 saturated heterocycles. The van der Waals surface area contributed by atoms with Crippen molar-refractivity contribution in [3.63, 3.8) is 0 Å². The van der Waals surface area contributed by atoms with Gasteiger partial charge < -0.3 is 33.9 Å². The summed E-state index contributed by atoms with van der Waals surface area (Å²) in [6.45, 7) is 0. The number of rotatable bonds is 6. The van der Waals surface area contributed by atoms with Gasteiger partial charge in [0.2, 0.25) is 0 Å². The molecule has 1 aliphatic carbocycles. The molecule has 3 aromatic rings. The zero-order valence-electron chi connectivity index (χ0n) is 20.4. The normalized spacial score (nSPS) is 28.0. The van der Waals surface area contributed by atoms with Gasteiger partial charge in [-0.05, 0) is 23.3 Å². The monoisotopic (exact) mass is 492 g/mol. The van der Waals surface area contributed by atoms with Crippen LogP contribution in [0.5, 0.6) is 23.0 Å². The van der Waals surface area contributed by atoms with Gasteiger partial charge >= 0.3 is 5.97 Å². The van der Waals surface area contributed by atoms with Crippen molar-refractivity contribution in [2.24, 2.45) is 5.92 Å². The molecule has 0 amide bonds. The van der Waals surface area contributed by atoms with Gasteiger partial charge in [-0.2, -0.15) is 0 Å². The van der Waals surface area contributed by atoms with Crippen molar-refractivity contribution in [1.29, 1.82) is 0 Å². The van der Waals surface area contributed by atoms with Crippen LogP contribution in [0.2, 0.25) is 0 Å². The lowest BCUT2D eigenvalue weighted by Gasteiger charge is -2.45. The summed E-state index contributed by atoms with van der Waals surface area (Å²) in [6.07, 6.45) is -1.57. The standard InChI is InChI=1S/C28H28O8/c1-32-18-12-10-17(11-13-18)28-22(16-8-6-5-7-9-16)24(25(29)35-4)27(31,26(28)30)23-20(34-3)14-19(33-2)15-21(23)36-28/h5-15,22,24,26,30-31H,1-4H3/t22-,24+,26+,27+,28+/m1/s1. The molecular weight excluding hydrogens is 464 g/mol. The second kappa shape index (κ2) is 8.72. The molecule has 1 fully saturated rings. The third-order valence-corrected chi connectivity index (χ3v) is 7.42. The second-order valence-electron chi connectivity index (χ2n) is 8.94. The van der Waals surface area contributed by atoms with Gasteiger partial charge in [0.25, 0.3) is 0 Å². The molecule has 0 radical (unpaired) electrons. The largest absolute Gasteiger partial charge is 0.497 e. The summed E-state index contributed by atoms with van der Waals surface area (Å²) in [5.74, 6) is -1.25. The number of fused-ring (bicyclic) bond motifs is 4. The Hall–Kier alpha value is -3.75. The number of aliphatic hydroxyl groups excluding tert-OH is 1. The van der Waals surface area contributed by atoms with Gasteiger partial charge in [-0.3, -0.25) is 4.79 Å². The summed E-state index contributed by atoms with van der Waals surface area (Å²) in [5, 5.41) is 24.5. The van der Waals surface area contributed by atoms with Gasteiger partial charge in [-0.25, -0.2) is 0 Å². The maximum atomic E-state index is 13.5. The quantitative estimate of drug-likeness (QED) is 0.506. The highest BCUT2D eigenvalue weighted by molar-refractivity contribution is 5.80. The lowest BCUT2D eigenvalue weighted by Crippen LogP contribution is -2.54. The zero-order valence-corrected chi connectivity index (χ0v) is 20.4. The third-order valence-electron chi connectivity index (χ3n) is 7.42. The van der Waals surface area contributed by atoms with Crippen LogP contribution in [-0.4, -0.2) is 50.7 Å². The Kier molecular flexibility index (Phi) is 5.81. The predicted molar refractivity (Wildman–Crippen MR) is 129 cm³/mol. The average Bonchev–Trinajstić information content (AvgIpc) is 3.05. The molecule has 8 heteroatoms. The Morgan fingerprint density at radius 3 is 2.14 bits per heavy atom. The minimum atomic E-state index is -2.11. The first kappa shape index (κ1) is 24.0. The first-order valence-electron chi connectivity index (χ1n) is 11.5. The number of hydrogen-bond acceptors (Lipinski definition) is 8. The smallest absolute Gasteiger partial charge is 0.312 e. The van der Waals surface area contributed by atoms with E-state index in [0.717, 1.165) is 0 Å². The molecule has 36 heavy (non-hydrogen) atoms. The van der Waals surface area contributed by atoms with Crippen LogP contribution in [0.15, 0.2) is 66.7 Å². The van der Waals surface area contributed by atoms with E-state index in [1.165, 1.54) is 21.3 Å². The molecule has 0 unspecified atom stereocenters. The number of carbonyl (C=O) groups is 1. The van der Waals surface area contributed by atoms with Crippen LogP contribution < -0.4 is 18.9 Å². The van der Waals surface area contributed by atoms with Crippen LogP contribution in [0.4, 0.5) is 0 Å². The Morgan fingerprint density at radius 2 is 1.56 bits per heavy atom. The lowest BCUT2D eigenvalue weighted by atomic mass is 9.75. The molecule has 8 nitrogen and oxygen atoms in total. The molecule has 2 bridgehead atoms. The fourth-order valence-electron chi connectivity index (χ4n) is 5.87. The third kappa shape index (κ3) is 3.11. The van der Waals surface area contributed by atoms with E-state index in [0.29, 0.717) is 22.6 Å². The second-order valence-corrected chi connectivity index (χ2v) is 8.94. The summed E-state index contributed by atoms with van der Waals surface area (Å²) in [7, 11) is 5.76. The molecule has 5 atom stereocenters. The first-order valence-corrected chi connectivity index (χ1v) is 11.5. The van der Waals surface area contributed by atoms with E-state index >= 15 is 0 Å². The van der Waals surface area contributed by atoms with Crippen LogP contribution in [-0.2, 0) is 20.7 Å². The molecule has 0 spiro atoms. The highest BCUT2D eigenvalue weighted by Gasteiger charge is 2.76. The van der Waals surface area contributed by atoms with Crippen molar-refractivity contribution in [2.75, 3.05) is 28.4 Å². The Labute approximate surface area is 209 Å². The SMILES string of the molecule is COC(=O)[C@@H]1[C@@H](c2ccccc2)[C@]2(c3ccc(OC)cc3)Oc3cc(OC)cc(OC)c3[C@@]1(O)[C@@H]2O. The van der Waals surface area contributed by atoms with Gasteiger partial charge in [-0.1, -0.05) is 42.5 Å². The van der Waals surface area contributed by atoms with E-state index in [1.54, 1.807) is 43.5 Å².